The number of nitrogens with two attached hydrogens (primary N) is 1. The van der Waals surface area contributed by atoms with E-state index in [1.54, 1.807) is 0 Å². The molecule has 14 heteroatoms. The van der Waals surface area contributed by atoms with E-state index in [-0.39, 0.29) is 46.1 Å². The molecule has 210 valence electrons. The third kappa shape index (κ3) is 6.30. The van der Waals surface area contributed by atoms with Gasteiger partial charge < -0.3 is 19.9 Å². The minimum atomic E-state index is -1.06. The van der Waals surface area contributed by atoms with Crippen molar-refractivity contribution in [2.24, 2.45) is 0 Å². The van der Waals surface area contributed by atoms with Gasteiger partial charge in [0.15, 0.2) is 0 Å². The Bertz CT molecular complexity index is 1720. The minimum absolute atomic E-state index is 0.0138. The molecule has 1 aliphatic rings. The van der Waals surface area contributed by atoms with Crippen molar-refractivity contribution in [2.45, 2.75) is 55.5 Å². The number of nitrogens with one attached hydrogen (secondary N) is 1. The zero-order valence-corrected chi connectivity index (χ0v) is 23.0. The number of nitrogens with zero attached hydrogens (tertiary/aromatic N) is 4. The number of anilines is 1. The Kier molecular flexibility index (Phi) is 8.56. The van der Waals surface area contributed by atoms with Gasteiger partial charge >= 0.3 is 17.6 Å². The molecule has 0 radical (unpaired) electrons. The van der Waals surface area contributed by atoms with E-state index < -0.39 is 41.6 Å². The van der Waals surface area contributed by atoms with Crippen molar-refractivity contribution in [1.29, 1.82) is 10.5 Å². The summed E-state index contributed by atoms with van der Waals surface area (Å²) in [4.78, 5) is 56.1. The molecule has 4 rings (SSSR count). The van der Waals surface area contributed by atoms with Gasteiger partial charge in [-0.2, -0.15) is 10.5 Å². The van der Waals surface area contributed by atoms with Gasteiger partial charge in [0.2, 0.25) is 0 Å². The zero-order chi connectivity index (χ0) is 29.8. The quantitative estimate of drug-likeness (QED) is 0.388. The van der Waals surface area contributed by atoms with E-state index in [2.05, 4.69) is 9.97 Å². The van der Waals surface area contributed by atoms with Crippen LogP contribution < -0.4 is 17.0 Å². The maximum atomic E-state index is 13.1. The normalized spacial score (nSPS) is 17.8. The van der Waals surface area contributed by atoms with Gasteiger partial charge in [-0.25, -0.2) is 9.78 Å². The summed E-state index contributed by atoms with van der Waals surface area (Å²) in [6, 6.07) is 11.3. The Labute approximate surface area is 237 Å². The van der Waals surface area contributed by atoms with Gasteiger partial charge in [-0.3, -0.25) is 23.9 Å². The average Bonchev–Trinajstić information content (AvgIpc) is 3.30. The van der Waals surface area contributed by atoms with E-state index in [1.165, 1.54) is 13.8 Å². The van der Waals surface area contributed by atoms with Gasteiger partial charge in [0.1, 0.15) is 53.6 Å². The smallest absolute Gasteiger partial charge is 0.330 e. The van der Waals surface area contributed by atoms with Gasteiger partial charge in [0.25, 0.3) is 5.56 Å². The van der Waals surface area contributed by atoms with Crippen molar-refractivity contribution in [1.82, 2.24) is 14.5 Å². The number of aromatic nitrogens is 3. The fourth-order valence-electron chi connectivity index (χ4n) is 4.29. The van der Waals surface area contributed by atoms with E-state index in [0.29, 0.717) is 0 Å². The number of nitriles is 2. The first-order valence-electron chi connectivity index (χ1n) is 12.2. The number of H-pyrrole nitrogens is 1. The highest BCUT2D eigenvalue weighted by atomic mass is 32.2. The number of benzene rings is 1. The standard InChI is InChI=1S/C27H24N6O7S/c1-13-4-6-16(7-5-13)41-26-18(10-29)23(17(9-28)24(30)31-26)19-11-33(27(37)32-25(19)36)22-8-20(39-15(3)35)21(40-22)12-38-14(2)34/h4-7,11,20-22H,8,12H2,1-3H3,(H2,30,31)(H,32,36,37)/t20?,21-,22-/m1/s1. The monoisotopic (exact) mass is 576 g/mol. The molecule has 0 amide bonds. The zero-order valence-electron chi connectivity index (χ0n) is 22.2. The summed E-state index contributed by atoms with van der Waals surface area (Å²) >= 11 is 1.12. The number of carbonyl (C=O) groups is 2. The first-order valence-corrected chi connectivity index (χ1v) is 13.0. The van der Waals surface area contributed by atoms with Crippen LogP contribution in [0.3, 0.4) is 0 Å². The lowest BCUT2D eigenvalue weighted by Gasteiger charge is -2.18. The number of hydrogen-bond acceptors (Lipinski definition) is 12. The average molecular weight is 577 g/mol. The highest BCUT2D eigenvalue weighted by Crippen LogP contribution is 2.38. The molecule has 41 heavy (non-hydrogen) atoms. The van der Waals surface area contributed by atoms with E-state index in [9.17, 15) is 29.7 Å². The van der Waals surface area contributed by atoms with Crippen molar-refractivity contribution in [3.8, 4) is 23.3 Å². The Hall–Kier alpha value is -4.92. The van der Waals surface area contributed by atoms with Crippen LogP contribution in [0.1, 0.15) is 43.2 Å². The summed E-state index contributed by atoms with van der Waals surface area (Å²) in [6.07, 6.45) is -1.67. The maximum Gasteiger partial charge on any atom is 0.330 e. The Balaban J connectivity index is 1.83. The lowest BCUT2D eigenvalue weighted by atomic mass is 9.99. The third-order valence-corrected chi connectivity index (χ3v) is 7.14. The van der Waals surface area contributed by atoms with E-state index >= 15 is 0 Å². The Morgan fingerprint density at radius 1 is 1.17 bits per heavy atom. The number of ether oxygens (including phenoxy) is 3. The van der Waals surface area contributed by atoms with E-state index in [0.717, 1.165) is 33.0 Å². The Morgan fingerprint density at radius 2 is 1.85 bits per heavy atom. The van der Waals surface area contributed by atoms with Gasteiger partial charge in [0, 0.05) is 36.9 Å². The predicted molar refractivity (Wildman–Crippen MR) is 144 cm³/mol. The summed E-state index contributed by atoms with van der Waals surface area (Å²) in [7, 11) is 0. The second-order valence-corrected chi connectivity index (χ2v) is 10.2. The van der Waals surface area contributed by atoms with Crippen molar-refractivity contribution in [3.63, 3.8) is 0 Å². The molecule has 3 atom stereocenters. The molecular weight excluding hydrogens is 552 g/mol. The maximum absolute atomic E-state index is 13.1. The number of pyridine rings is 1. The summed E-state index contributed by atoms with van der Waals surface area (Å²) in [5.74, 6) is -1.39. The molecule has 3 N–H and O–H groups in total. The highest BCUT2D eigenvalue weighted by molar-refractivity contribution is 7.99. The number of esters is 2. The molecule has 0 spiro atoms. The molecule has 1 fully saturated rings. The van der Waals surface area contributed by atoms with Crippen LogP contribution in [-0.2, 0) is 23.8 Å². The van der Waals surface area contributed by atoms with Crippen LogP contribution in [0.15, 0.2) is 50.0 Å². The second-order valence-electron chi connectivity index (χ2n) is 9.09. The number of nitrogen functional groups attached to an aromatic ring is 1. The van der Waals surface area contributed by atoms with E-state index in [1.807, 2.05) is 43.3 Å². The van der Waals surface area contributed by atoms with Crippen molar-refractivity contribution >= 4 is 29.5 Å². The van der Waals surface area contributed by atoms with Crippen LogP contribution in [0.2, 0.25) is 0 Å². The highest BCUT2D eigenvalue weighted by Gasteiger charge is 2.40. The molecular formula is C27H24N6O7S. The van der Waals surface area contributed by atoms with E-state index in [4.69, 9.17) is 19.9 Å². The van der Waals surface area contributed by atoms with Gasteiger partial charge in [0.05, 0.1) is 11.1 Å². The Morgan fingerprint density at radius 3 is 2.46 bits per heavy atom. The molecule has 1 aliphatic heterocycles. The second kappa shape index (κ2) is 12.1. The molecule has 0 bridgehead atoms. The van der Waals surface area contributed by atoms with Gasteiger partial charge in [-0.05, 0) is 19.1 Å². The van der Waals surface area contributed by atoms with Crippen molar-refractivity contribution in [2.75, 3.05) is 12.3 Å². The van der Waals surface area contributed by atoms with Crippen LogP contribution in [0.4, 0.5) is 5.82 Å². The van der Waals surface area contributed by atoms with Crippen molar-refractivity contribution in [3.05, 3.63) is 68.0 Å². The fraction of sp³-hybridized carbons (Fsp3) is 0.296. The first kappa shape index (κ1) is 29.1. The molecule has 1 unspecified atom stereocenters. The number of aromatic amines is 1. The third-order valence-electron chi connectivity index (χ3n) is 6.15. The topological polar surface area (TPSA) is 203 Å². The van der Waals surface area contributed by atoms with Crippen LogP contribution in [0.5, 0.6) is 0 Å². The SMILES string of the molecule is CC(=O)OC[C@H]1O[C@@H](n2cc(-c3c(C#N)c(N)nc(Sc4ccc(C)cc4)c3C#N)c(=O)[nH]c2=O)CC1OC(C)=O. The predicted octanol–water partition coefficient (Wildman–Crippen LogP) is 2.17. The number of carbonyl (C=O) groups excluding carboxylic acids is 2. The minimum Gasteiger partial charge on any atom is -0.463 e. The summed E-state index contributed by atoms with van der Waals surface area (Å²) < 4.78 is 17.2. The lowest BCUT2D eigenvalue weighted by molar-refractivity contribution is -0.155. The number of aryl methyl sites for hydroxylation is 1. The fourth-order valence-corrected chi connectivity index (χ4v) is 5.18. The van der Waals surface area contributed by atoms with Gasteiger partial charge in [-0.1, -0.05) is 29.5 Å². The first-order chi connectivity index (χ1) is 19.5. The van der Waals surface area contributed by atoms with Crippen LogP contribution in [-0.4, -0.2) is 45.3 Å². The molecule has 3 aromatic rings. The molecule has 3 heterocycles. The largest absolute Gasteiger partial charge is 0.463 e. The lowest BCUT2D eigenvalue weighted by Crippen LogP contribution is -2.33. The number of hydrogen-bond donors (Lipinski definition) is 2. The van der Waals surface area contributed by atoms with Crippen LogP contribution >= 0.6 is 11.8 Å². The summed E-state index contributed by atoms with van der Waals surface area (Å²) in [5.41, 5.74) is 4.79. The molecule has 0 saturated carbocycles. The van der Waals surface area contributed by atoms with Crippen molar-refractivity contribution < 1.29 is 23.8 Å². The molecule has 2 aromatic heterocycles. The van der Waals surface area contributed by atoms with Crippen LogP contribution in [0, 0.1) is 29.6 Å². The summed E-state index contributed by atoms with van der Waals surface area (Å²) in [6.45, 7) is 4.09. The molecule has 0 aliphatic carbocycles. The molecule has 1 saturated heterocycles. The molecule has 13 nitrogen and oxygen atoms in total. The summed E-state index contributed by atoms with van der Waals surface area (Å²) in [5, 5.41) is 20.2. The van der Waals surface area contributed by atoms with Crippen LogP contribution in [0.25, 0.3) is 11.1 Å². The van der Waals surface area contributed by atoms with Gasteiger partial charge in [-0.15, -0.1) is 0 Å². The number of rotatable bonds is 7. The molecule has 1 aromatic carbocycles.